The van der Waals surface area contributed by atoms with Crippen molar-refractivity contribution >= 4 is 17.8 Å². The van der Waals surface area contributed by atoms with Crippen molar-refractivity contribution in [3.05, 3.63) is 29.8 Å². The number of nitrogens with zero attached hydrogens (tertiary/aromatic N) is 1. The number of unbranched alkanes of at least 4 members (excludes halogenated alkanes) is 4. The van der Waals surface area contributed by atoms with Crippen LogP contribution < -0.4 is 11.2 Å². The van der Waals surface area contributed by atoms with E-state index in [4.69, 9.17) is 5.73 Å². The summed E-state index contributed by atoms with van der Waals surface area (Å²) in [5.74, 6) is -0.209. The van der Waals surface area contributed by atoms with E-state index in [1.54, 1.807) is 30.5 Å². The number of hydrogen-bond donors (Lipinski definition) is 2. The molecule has 0 radical (unpaired) electrons. The van der Waals surface area contributed by atoms with E-state index < -0.39 is 0 Å². The topological polar surface area (TPSA) is 67.5 Å². The van der Waals surface area contributed by atoms with E-state index in [0.717, 1.165) is 12.8 Å². The predicted molar refractivity (Wildman–Crippen MR) is 75.6 cm³/mol. The minimum Gasteiger partial charge on any atom is -0.399 e. The molecule has 0 bridgehead atoms. The van der Waals surface area contributed by atoms with Crippen molar-refractivity contribution < 1.29 is 4.79 Å². The number of hydrazone groups is 1. The molecule has 98 valence electrons. The van der Waals surface area contributed by atoms with Gasteiger partial charge in [0.05, 0.1) is 0 Å². The first-order chi connectivity index (χ1) is 8.74. The molecule has 0 unspecified atom stereocenters. The lowest BCUT2D eigenvalue weighted by molar-refractivity contribution is 0.0955. The molecule has 0 heterocycles. The summed E-state index contributed by atoms with van der Waals surface area (Å²) >= 11 is 0. The van der Waals surface area contributed by atoms with Crippen LogP contribution in [0, 0.1) is 0 Å². The van der Waals surface area contributed by atoms with E-state index in [1.165, 1.54) is 19.3 Å². The van der Waals surface area contributed by atoms with Crippen LogP contribution in [0.4, 0.5) is 5.69 Å². The number of rotatable bonds is 7. The highest BCUT2D eigenvalue weighted by Gasteiger charge is 2.02. The van der Waals surface area contributed by atoms with Gasteiger partial charge in [0.25, 0.3) is 5.91 Å². The first kappa shape index (κ1) is 14.2. The van der Waals surface area contributed by atoms with Crippen molar-refractivity contribution in [1.29, 1.82) is 0 Å². The van der Waals surface area contributed by atoms with Crippen molar-refractivity contribution in [3.63, 3.8) is 0 Å². The zero-order valence-electron chi connectivity index (χ0n) is 10.9. The van der Waals surface area contributed by atoms with Crippen LogP contribution in [0.3, 0.4) is 0 Å². The molecule has 1 aromatic carbocycles. The van der Waals surface area contributed by atoms with Crippen molar-refractivity contribution in [2.24, 2.45) is 5.10 Å². The average Bonchev–Trinajstić information content (AvgIpc) is 2.38. The average molecular weight is 247 g/mol. The molecule has 4 heteroatoms. The molecule has 0 saturated carbocycles. The van der Waals surface area contributed by atoms with E-state index in [9.17, 15) is 4.79 Å². The van der Waals surface area contributed by atoms with Gasteiger partial charge in [-0.1, -0.05) is 26.2 Å². The minimum atomic E-state index is -0.209. The third-order valence-electron chi connectivity index (χ3n) is 2.62. The zero-order valence-corrected chi connectivity index (χ0v) is 10.9. The van der Waals surface area contributed by atoms with Crippen molar-refractivity contribution in [2.45, 2.75) is 39.0 Å². The van der Waals surface area contributed by atoms with Gasteiger partial charge < -0.3 is 5.73 Å². The number of hydrogen-bond acceptors (Lipinski definition) is 3. The van der Waals surface area contributed by atoms with E-state index >= 15 is 0 Å². The Bertz CT molecular complexity index is 385. The number of carbonyl (C=O) groups excluding carboxylic acids is 1. The largest absolute Gasteiger partial charge is 0.399 e. The fraction of sp³-hybridized carbons (Fsp3) is 0.429. The second-order valence-corrected chi connectivity index (χ2v) is 4.22. The second kappa shape index (κ2) is 8.28. The molecule has 0 aromatic heterocycles. The van der Waals surface area contributed by atoms with E-state index in [2.05, 4.69) is 17.5 Å². The van der Waals surface area contributed by atoms with Crippen molar-refractivity contribution in [3.8, 4) is 0 Å². The highest BCUT2D eigenvalue weighted by atomic mass is 16.2. The molecule has 0 aliphatic carbocycles. The Kier molecular flexibility index (Phi) is 6.54. The number of anilines is 1. The zero-order chi connectivity index (χ0) is 13.2. The van der Waals surface area contributed by atoms with Crippen LogP contribution in [-0.2, 0) is 0 Å². The summed E-state index contributed by atoms with van der Waals surface area (Å²) < 4.78 is 0. The molecule has 0 aliphatic rings. The van der Waals surface area contributed by atoms with E-state index in [0.29, 0.717) is 11.3 Å². The van der Waals surface area contributed by atoms with Gasteiger partial charge in [0, 0.05) is 17.5 Å². The van der Waals surface area contributed by atoms with Gasteiger partial charge in [0.2, 0.25) is 0 Å². The van der Waals surface area contributed by atoms with E-state index in [-0.39, 0.29) is 5.91 Å². The molecule has 18 heavy (non-hydrogen) atoms. The number of nitrogen functional groups attached to an aromatic ring is 1. The maximum atomic E-state index is 11.6. The predicted octanol–water partition coefficient (Wildman–Crippen LogP) is 2.95. The monoisotopic (exact) mass is 247 g/mol. The van der Waals surface area contributed by atoms with Gasteiger partial charge in [0.15, 0.2) is 0 Å². The Morgan fingerprint density at radius 3 is 2.67 bits per heavy atom. The third kappa shape index (κ3) is 5.48. The summed E-state index contributed by atoms with van der Waals surface area (Å²) in [6.07, 6.45) is 7.48. The van der Waals surface area contributed by atoms with Crippen LogP contribution in [0.2, 0.25) is 0 Å². The first-order valence-corrected chi connectivity index (χ1v) is 6.41. The van der Waals surface area contributed by atoms with Gasteiger partial charge >= 0.3 is 0 Å². The number of nitrogens with two attached hydrogens (primary N) is 1. The molecule has 1 aromatic rings. The van der Waals surface area contributed by atoms with Gasteiger partial charge in [0.1, 0.15) is 0 Å². The van der Waals surface area contributed by atoms with Gasteiger partial charge in [-0.15, -0.1) is 0 Å². The van der Waals surface area contributed by atoms with E-state index in [1.807, 2.05) is 0 Å². The molecule has 3 N–H and O–H groups in total. The Balaban J connectivity index is 2.24. The van der Waals surface area contributed by atoms with Gasteiger partial charge in [-0.2, -0.15) is 5.10 Å². The molecule has 0 fully saturated rings. The number of benzene rings is 1. The van der Waals surface area contributed by atoms with Crippen molar-refractivity contribution in [1.82, 2.24) is 5.43 Å². The van der Waals surface area contributed by atoms with Gasteiger partial charge in [-0.25, -0.2) is 5.43 Å². The lowest BCUT2D eigenvalue weighted by atomic mass is 10.2. The van der Waals surface area contributed by atoms with Crippen LogP contribution in [0.15, 0.2) is 29.4 Å². The molecule has 0 aliphatic heterocycles. The number of nitrogens with one attached hydrogen (secondary N) is 1. The highest BCUT2D eigenvalue weighted by molar-refractivity contribution is 5.94. The quantitative estimate of drug-likeness (QED) is 0.336. The molecule has 4 nitrogen and oxygen atoms in total. The molecule has 0 spiro atoms. The fourth-order valence-corrected chi connectivity index (χ4v) is 1.53. The van der Waals surface area contributed by atoms with Crippen LogP contribution >= 0.6 is 0 Å². The molecule has 0 atom stereocenters. The SMILES string of the molecule is CCCCCC/C=N/NC(=O)c1ccc(N)cc1. The van der Waals surface area contributed by atoms with Gasteiger partial charge in [-0.05, 0) is 37.1 Å². The Labute approximate surface area is 108 Å². The molecule has 0 saturated heterocycles. The Morgan fingerprint density at radius 1 is 1.28 bits per heavy atom. The summed E-state index contributed by atoms with van der Waals surface area (Å²) in [5.41, 5.74) is 9.25. The molecular weight excluding hydrogens is 226 g/mol. The second-order valence-electron chi connectivity index (χ2n) is 4.22. The Morgan fingerprint density at radius 2 is 2.00 bits per heavy atom. The van der Waals surface area contributed by atoms with Crippen molar-refractivity contribution in [2.75, 3.05) is 5.73 Å². The molecule has 1 amide bonds. The highest BCUT2D eigenvalue weighted by Crippen LogP contribution is 2.05. The number of amides is 1. The maximum Gasteiger partial charge on any atom is 0.271 e. The van der Waals surface area contributed by atoms with Crippen LogP contribution in [0.1, 0.15) is 49.4 Å². The van der Waals surface area contributed by atoms with Gasteiger partial charge in [-0.3, -0.25) is 4.79 Å². The summed E-state index contributed by atoms with van der Waals surface area (Å²) in [4.78, 5) is 11.6. The minimum absolute atomic E-state index is 0.209. The summed E-state index contributed by atoms with van der Waals surface area (Å²) in [6, 6.07) is 6.76. The fourth-order valence-electron chi connectivity index (χ4n) is 1.53. The number of carbonyl (C=O) groups is 1. The third-order valence-corrected chi connectivity index (χ3v) is 2.62. The standard InChI is InChI=1S/C14H21N3O/c1-2-3-4-5-6-11-16-17-14(18)12-7-9-13(15)10-8-12/h7-11H,2-6,15H2,1H3,(H,17,18)/b16-11+. The lowest BCUT2D eigenvalue weighted by Crippen LogP contribution is -2.17. The molecule has 1 rings (SSSR count). The molecular formula is C14H21N3O. The lowest BCUT2D eigenvalue weighted by Gasteiger charge is -2.00. The maximum absolute atomic E-state index is 11.6. The van der Waals surface area contributed by atoms with Crippen LogP contribution in [0.5, 0.6) is 0 Å². The first-order valence-electron chi connectivity index (χ1n) is 6.41. The Hall–Kier alpha value is -1.84. The summed E-state index contributed by atoms with van der Waals surface area (Å²) in [7, 11) is 0. The van der Waals surface area contributed by atoms with Crippen LogP contribution in [-0.4, -0.2) is 12.1 Å². The summed E-state index contributed by atoms with van der Waals surface area (Å²) in [6.45, 7) is 2.18. The van der Waals surface area contributed by atoms with Crippen LogP contribution in [0.25, 0.3) is 0 Å². The summed E-state index contributed by atoms with van der Waals surface area (Å²) in [5, 5.41) is 3.91. The smallest absolute Gasteiger partial charge is 0.271 e. The normalized spacial score (nSPS) is 10.7.